The van der Waals surface area contributed by atoms with Gasteiger partial charge in [0.25, 0.3) is 7.37 Å². The fourth-order valence-electron chi connectivity index (χ4n) is 2.23. The smallest absolute Gasteiger partial charge is 0.264 e. The summed E-state index contributed by atoms with van der Waals surface area (Å²) >= 11 is 12.2. The van der Waals surface area contributed by atoms with Crippen LogP contribution in [-0.4, -0.2) is 26.3 Å². The highest BCUT2D eigenvalue weighted by molar-refractivity contribution is 7.67. The van der Waals surface area contributed by atoms with E-state index < -0.39 is 13.2 Å². The van der Waals surface area contributed by atoms with Crippen LogP contribution in [-0.2, 0) is 9.09 Å². The second-order valence-electron chi connectivity index (χ2n) is 5.20. The van der Waals surface area contributed by atoms with Gasteiger partial charge < -0.3 is 14.5 Å². The van der Waals surface area contributed by atoms with Crippen molar-refractivity contribution in [2.24, 2.45) is 0 Å². The lowest BCUT2D eigenvalue weighted by Gasteiger charge is -2.24. The van der Waals surface area contributed by atoms with Gasteiger partial charge in [0.2, 0.25) is 0 Å². The molecule has 4 nitrogen and oxygen atoms in total. The van der Waals surface area contributed by atoms with Crippen LogP contribution in [0.1, 0.15) is 11.4 Å². The van der Waals surface area contributed by atoms with Crippen LogP contribution in [0.4, 0.5) is 5.69 Å². The molecule has 2 aromatic carbocycles. The maximum Gasteiger partial charge on any atom is 0.264 e. The lowest BCUT2D eigenvalue weighted by molar-refractivity contribution is 0.229. The van der Waals surface area contributed by atoms with Crippen molar-refractivity contribution >= 4 is 41.6 Å². The number of nitrogens with zero attached hydrogens (tertiary/aromatic N) is 1. The Kier molecular flexibility index (Phi) is 5.77. The topological polar surface area (TPSA) is 49.8 Å². The molecule has 2 atom stereocenters. The number of hydrogen-bond donors (Lipinski definition) is 1. The van der Waals surface area contributed by atoms with E-state index in [1.54, 1.807) is 30.3 Å². The van der Waals surface area contributed by atoms with Crippen molar-refractivity contribution in [2.75, 3.05) is 26.1 Å². The number of aliphatic hydroxyl groups is 1. The zero-order valence-corrected chi connectivity index (χ0v) is 15.4. The number of rotatable bonds is 5. The molecule has 0 heterocycles. The summed E-state index contributed by atoms with van der Waals surface area (Å²) in [5, 5.41) is 11.5. The molecular weight excluding hydrogens is 356 g/mol. The number of hydrogen-bond acceptors (Lipinski definition) is 4. The first-order chi connectivity index (χ1) is 10.8. The Labute approximate surface area is 146 Å². The van der Waals surface area contributed by atoms with Crippen molar-refractivity contribution in [3.05, 3.63) is 58.1 Å². The van der Waals surface area contributed by atoms with Gasteiger partial charge in [-0.05, 0) is 36.4 Å². The monoisotopic (exact) mass is 373 g/mol. The average molecular weight is 374 g/mol. The van der Waals surface area contributed by atoms with Crippen molar-refractivity contribution in [3.63, 3.8) is 0 Å². The molecule has 0 saturated carbocycles. The lowest BCUT2D eigenvalue weighted by atomic mass is 10.2. The maximum absolute atomic E-state index is 13.3. The van der Waals surface area contributed by atoms with E-state index in [2.05, 4.69) is 0 Å². The van der Waals surface area contributed by atoms with Gasteiger partial charge in [-0.15, -0.1) is 0 Å². The second-order valence-corrected chi connectivity index (χ2v) is 8.58. The van der Waals surface area contributed by atoms with E-state index in [9.17, 15) is 9.67 Å². The SMILES string of the molecule is COP(=O)(c1ccc(N(C)C)cc1)C(O)c1c(Cl)cccc1Cl. The van der Waals surface area contributed by atoms with Crippen molar-refractivity contribution < 1.29 is 14.2 Å². The fraction of sp³-hybridized carbons (Fsp3) is 0.250. The third-order valence-corrected chi connectivity index (χ3v) is 6.70. The third-order valence-electron chi connectivity index (χ3n) is 3.58. The van der Waals surface area contributed by atoms with Gasteiger partial charge in [0.1, 0.15) is 0 Å². The minimum Gasteiger partial charge on any atom is -0.378 e. The van der Waals surface area contributed by atoms with Gasteiger partial charge in [-0.3, -0.25) is 4.57 Å². The molecule has 2 aromatic rings. The molecule has 0 aliphatic rings. The summed E-state index contributed by atoms with van der Waals surface area (Å²) in [6, 6.07) is 11.8. The Morgan fingerprint density at radius 3 is 2.04 bits per heavy atom. The van der Waals surface area contributed by atoms with Gasteiger partial charge in [0.05, 0.1) is 0 Å². The van der Waals surface area contributed by atoms with Crippen LogP contribution in [0.2, 0.25) is 10.0 Å². The molecule has 1 N–H and O–H groups in total. The van der Waals surface area contributed by atoms with Crippen LogP contribution in [0.15, 0.2) is 42.5 Å². The van der Waals surface area contributed by atoms with Crippen LogP contribution in [0, 0.1) is 0 Å². The Morgan fingerprint density at radius 2 is 1.61 bits per heavy atom. The van der Waals surface area contributed by atoms with Crippen LogP contribution in [0.5, 0.6) is 0 Å². The standard InChI is InChI=1S/C16H18Cl2NO3P/c1-19(2)11-7-9-12(10-8-11)23(21,22-3)16(20)15-13(17)5-4-6-14(15)18/h4-10,16,20H,1-3H3. The van der Waals surface area contributed by atoms with Gasteiger partial charge in [-0.25, -0.2) is 0 Å². The highest BCUT2D eigenvalue weighted by atomic mass is 35.5. The van der Waals surface area contributed by atoms with Crippen molar-refractivity contribution in [1.82, 2.24) is 0 Å². The molecule has 0 saturated heterocycles. The highest BCUT2D eigenvalue weighted by Crippen LogP contribution is 2.59. The summed E-state index contributed by atoms with van der Waals surface area (Å²) in [4.78, 5) is 1.92. The van der Waals surface area contributed by atoms with Crippen molar-refractivity contribution in [3.8, 4) is 0 Å². The predicted octanol–water partition coefficient (Wildman–Crippen LogP) is 4.30. The van der Waals surface area contributed by atoms with Crippen LogP contribution in [0.3, 0.4) is 0 Å². The summed E-state index contributed by atoms with van der Waals surface area (Å²) in [6.07, 6.45) is 0. The lowest BCUT2D eigenvalue weighted by Crippen LogP contribution is -2.15. The molecule has 7 heteroatoms. The summed E-state index contributed by atoms with van der Waals surface area (Å²) in [5.41, 5.74) is 1.15. The molecule has 0 aliphatic carbocycles. The Hall–Kier alpha value is -1.03. The number of anilines is 1. The summed E-state index contributed by atoms with van der Waals surface area (Å²) in [7, 11) is 1.51. The van der Waals surface area contributed by atoms with Crippen LogP contribution >= 0.6 is 30.6 Å². The van der Waals surface area contributed by atoms with Gasteiger partial charge >= 0.3 is 0 Å². The van der Waals surface area contributed by atoms with Crippen molar-refractivity contribution in [2.45, 2.75) is 5.85 Å². The summed E-state index contributed by atoms with van der Waals surface area (Å²) in [6.45, 7) is 0. The molecule has 2 unspecified atom stereocenters. The van der Waals surface area contributed by atoms with Crippen molar-refractivity contribution in [1.29, 1.82) is 0 Å². The molecule has 0 spiro atoms. The molecule has 23 heavy (non-hydrogen) atoms. The molecule has 0 aromatic heterocycles. The van der Waals surface area contributed by atoms with Crippen LogP contribution < -0.4 is 10.2 Å². The Morgan fingerprint density at radius 1 is 1.09 bits per heavy atom. The van der Waals surface area contributed by atoms with Gasteiger partial charge in [0.15, 0.2) is 5.85 Å². The van der Waals surface area contributed by atoms with Crippen LogP contribution in [0.25, 0.3) is 0 Å². The van der Waals surface area contributed by atoms with Gasteiger partial charge in [0, 0.05) is 47.8 Å². The molecule has 0 bridgehead atoms. The zero-order chi connectivity index (χ0) is 17.2. The fourth-order valence-corrected chi connectivity index (χ4v) is 4.86. The van der Waals surface area contributed by atoms with Gasteiger partial charge in [-0.2, -0.15) is 0 Å². The predicted molar refractivity (Wildman–Crippen MR) is 96.4 cm³/mol. The third kappa shape index (κ3) is 3.57. The molecule has 0 amide bonds. The summed E-state index contributed by atoms with van der Waals surface area (Å²) in [5.74, 6) is -1.45. The first kappa shape index (κ1) is 18.3. The number of aliphatic hydroxyl groups excluding tert-OH is 1. The van der Waals surface area contributed by atoms with E-state index in [0.717, 1.165) is 5.69 Å². The summed E-state index contributed by atoms with van der Waals surface area (Å²) < 4.78 is 18.5. The molecule has 2 rings (SSSR count). The second kappa shape index (κ2) is 7.25. The van der Waals surface area contributed by atoms with Gasteiger partial charge in [-0.1, -0.05) is 29.3 Å². The number of halogens is 2. The minimum atomic E-state index is -3.60. The molecule has 124 valence electrons. The van der Waals surface area contributed by atoms with E-state index in [-0.39, 0.29) is 15.6 Å². The van der Waals surface area contributed by atoms with E-state index >= 15 is 0 Å². The quantitative estimate of drug-likeness (QED) is 0.793. The number of benzene rings is 2. The Bertz CT molecular complexity index is 714. The minimum absolute atomic E-state index is 0.206. The maximum atomic E-state index is 13.3. The van der Waals surface area contributed by atoms with E-state index in [0.29, 0.717) is 5.30 Å². The molecule has 0 fully saturated rings. The first-order valence-electron chi connectivity index (χ1n) is 6.86. The largest absolute Gasteiger partial charge is 0.378 e. The first-order valence-corrected chi connectivity index (χ1v) is 9.31. The molecular formula is C16H18Cl2NO3P. The Balaban J connectivity index is 2.49. The highest BCUT2D eigenvalue weighted by Gasteiger charge is 2.37. The normalized spacial score (nSPS) is 15.0. The zero-order valence-electron chi connectivity index (χ0n) is 13.0. The van der Waals surface area contributed by atoms with E-state index in [4.69, 9.17) is 27.7 Å². The molecule has 0 aliphatic heterocycles. The average Bonchev–Trinajstić information content (AvgIpc) is 2.53. The molecule has 0 radical (unpaired) electrons. The van der Waals surface area contributed by atoms with E-state index in [1.165, 1.54) is 7.11 Å². The van der Waals surface area contributed by atoms with E-state index in [1.807, 2.05) is 31.1 Å².